The van der Waals surface area contributed by atoms with Gasteiger partial charge in [0.05, 0.1) is 5.02 Å². The minimum Gasteiger partial charge on any atom is -0.487 e. The van der Waals surface area contributed by atoms with Gasteiger partial charge in [-0.1, -0.05) is 17.7 Å². The molecule has 0 bridgehead atoms. The van der Waals surface area contributed by atoms with Crippen molar-refractivity contribution in [3.63, 3.8) is 0 Å². The zero-order valence-corrected chi connectivity index (χ0v) is 13.5. The molecule has 21 heavy (non-hydrogen) atoms. The first-order chi connectivity index (χ1) is 10.2. The third kappa shape index (κ3) is 4.12. The standard InChI is InChI=1S/C17H25ClN2O/c1-20-9-6-15(12-20)21-17-3-2-14(11-16(17)18)10-13-4-7-19-8-5-13/h2-3,11,13,15,19H,4-10,12H2,1H3. The molecule has 1 aromatic rings. The lowest BCUT2D eigenvalue weighted by Gasteiger charge is -2.23. The van der Waals surface area contributed by atoms with Crippen molar-refractivity contribution in [3.8, 4) is 5.75 Å². The van der Waals surface area contributed by atoms with E-state index in [-0.39, 0.29) is 6.10 Å². The van der Waals surface area contributed by atoms with Crippen LogP contribution in [0.4, 0.5) is 0 Å². The first-order valence-electron chi connectivity index (χ1n) is 8.05. The van der Waals surface area contributed by atoms with Crippen LogP contribution in [0.25, 0.3) is 0 Å². The van der Waals surface area contributed by atoms with Gasteiger partial charge in [-0.3, -0.25) is 0 Å². The summed E-state index contributed by atoms with van der Waals surface area (Å²) in [5, 5.41) is 4.18. The fourth-order valence-corrected chi connectivity index (χ4v) is 3.60. The molecule has 3 nitrogen and oxygen atoms in total. The minimum absolute atomic E-state index is 0.280. The van der Waals surface area contributed by atoms with Crippen molar-refractivity contribution < 1.29 is 4.74 Å². The molecule has 2 fully saturated rings. The molecule has 1 aromatic carbocycles. The number of ether oxygens (including phenoxy) is 1. The predicted molar refractivity (Wildman–Crippen MR) is 87.3 cm³/mol. The number of hydrogen-bond donors (Lipinski definition) is 1. The maximum Gasteiger partial charge on any atom is 0.138 e. The summed E-state index contributed by atoms with van der Waals surface area (Å²) in [6.07, 6.45) is 5.04. The minimum atomic E-state index is 0.280. The number of likely N-dealkylation sites (tertiary alicyclic amines) is 1. The maximum absolute atomic E-state index is 6.41. The van der Waals surface area contributed by atoms with Crippen LogP contribution < -0.4 is 10.1 Å². The molecule has 1 atom stereocenters. The van der Waals surface area contributed by atoms with Crippen molar-refractivity contribution in [2.45, 2.75) is 31.8 Å². The second kappa shape index (κ2) is 6.99. The third-order valence-electron chi connectivity index (χ3n) is 4.62. The molecule has 0 spiro atoms. The van der Waals surface area contributed by atoms with Gasteiger partial charge in [0.15, 0.2) is 0 Å². The largest absolute Gasteiger partial charge is 0.487 e. The highest BCUT2D eigenvalue weighted by molar-refractivity contribution is 6.32. The van der Waals surface area contributed by atoms with Gasteiger partial charge in [0.25, 0.3) is 0 Å². The van der Waals surface area contributed by atoms with Gasteiger partial charge < -0.3 is 15.0 Å². The van der Waals surface area contributed by atoms with E-state index in [0.29, 0.717) is 0 Å². The predicted octanol–water partition coefficient (Wildman–Crippen LogP) is 2.97. The molecule has 2 aliphatic heterocycles. The topological polar surface area (TPSA) is 24.5 Å². The first-order valence-corrected chi connectivity index (χ1v) is 8.43. The van der Waals surface area contributed by atoms with Gasteiger partial charge in [-0.25, -0.2) is 0 Å². The normalized spacial score (nSPS) is 24.4. The Balaban J connectivity index is 1.59. The summed E-state index contributed by atoms with van der Waals surface area (Å²) in [5.41, 5.74) is 1.34. The van der Waals surface area contributed by atoms with E-state index >= 15 is 0 Å². The smallest absolute Gasteiger partial charge is 0.138 e. The average molecular weight is 309 g/mol. The summed E-state index contributed by atoms with van der Waals surface area (Å²) < 4.78 is 6.04. The van der Waals surface area contributed by atoms with Crippen molar-refractivity contribution in [1.82, 2.24) is 10.2 Å². The molecule has 116 valence electrons. The second-order valence-electron chi connectivity index (χ2n) is 6.45. The molecule has 2 heterocycles. The lowest BCUT2D eigenvalue weighted by molar-refractivity contribution is 0.208. The Kier molecular flexibility index (Phi) is 5.04. The molecule has 3 rings (SSSR count). The van der Waals surface area contributed by atoms with E-state index in [4.69, 9.17) is 16.3 Å². The van der Waals surface area contributed by atoms with Gasteiger partial charge in [-0.15, -0.1) is 0 Å². The van der Waals surface area contributed by atoms with E-state index in [0.717, 1.165) is 55.7 Å². The summed E-state index contributed by atoms with van der Waals surface area (Å²) in [6.45, 7) is 4.40. The summed E-state index contributed by atoms with van der Waals surface area (Å²) in [7, 11) is 2.13. The Hall–Kier alpha value is -0.770. The van der Waals surface area contributed by atoms with Crippen LogP contribution in [0.1, 0.15) is 24.8 Å². The van der Waals surface area contributed by atoms with E-state index in [1.165, 1.54) is 18.4 Å². The Labute approximate surface area is 132 Å². The summed E-state index contributed by atoms with van der Waals surface area (Å²) in [6, 6.07) is 6.33. The van der Waals surface area contributed by atoms with Crippen molar-refractivity contribution in [3.05, 3.63) is 28.8 Å². The molecule has 2 saturated heterocycles. The molecule has 2 aliphatic rings. The molecular weight excluding hydrogens is 284 g/mol. The van der Waals surface area contributed by atoms with Gasteiger partial charge in [0.2, 0.25) is 0 Å². The lowest BCUT2D eigenvalue weighted by atomic mass is 9.91. The number of rotatable bonds is 4. The summed E-state index contributed by atoms with van der Waals surface area (Å²) in [5.74, 6) is 1.63. The van der Waals surface area contributed by atoms with Crippen molar-refractivity contribution >= 4 is 11.6 Å². The highest BCUT2D eigenvalue weighted by Gasteiger charge is 2.22. The molecule has 0 aromatic heterocycles. The van der Waals surface area contributed by atoms with Gasteiger partial charge in [0.1, 0.15) is 11.9 Å². The van der Waals surface area contributed by atoms with Crippen LogP contribution in [-0.2, 0) is 6.42 Å². The Morgan fingerprint density at radius 2 is 2.10 bits per heavy atom. The van der Waals surface area contributed by atoms with Crippen molar-refractivity contribution in [2.75, 3.05) is 33.2 Å². The average Bonchev–Trinajstić information content (AvgIpc) is 2.88. The number of likely N-dealkylation sites (N-methyl/N-ethyl adjacent to an activating group) is 1. The van der Waals surface area contributed by atoms with E-state index in [1.807, 2.05) is 0 Å². The SMILES string of the molecule is CN1CCC(Oc2ccc(CC3CCNCC3)cc2Cl)C1. The Morgan fingerprint density at radius 3 is 2.76 bits per heavy atom. The summed E-state index contributed by atoms with van der Waals surface area (Å²) >= 11 is 6.41. The highest BCUT2D eigenvalue weighted by Crippen LogP contribution is 2.29. The van der Waals surface area contributed by atoms with Crippen molar-refractivity contribution in [1.29, 1.82) is 0 Å². The number of piperidine rings is 1. The van der Waals surface area contributed by atoms with Crippen LogP contribution in [0.3, 0.4) is 0 Å². The zero-order chi connectivity index (χ0) is 14.7. The van der Waals surface area contributed by atoms with Crippen LogP contribution in [0.2, 0.25) is 5.02 Å². The van der Waals surface area contributed by atoms with E-state index in [9.17, 15) is 0 Å². The Bertz CT molecular complexity index is 474. The maximum atomic E-state index is 6.41. The van der Waals surface area contributed by atoms with E-state index in [1.54, 1.807) is 0 Å². The van der Waals surface area contributed by atoms with Crippen LogP contribution in [-0.4, -0.2) is 44.2 Å². The number of nitrogens with zero attached hydrogens (tertiary/aromatic N) is 1. The quantitative estimate of drug-likeness (QED) is 0.925. The van der Waals surface area contributed by atoms with E-state index < -0.39 is 0 Å². The molecular formula is C17H25ClN2O. The molecule has 1 N–H and O–H groups in total. The number of halogens is 1. The molecule has 0 saturated carbocycles. The lowest BCUT2D eigenvalue weighted by Crippen LogP contribution is -2.28. The molecule has 0 aliphatic carbocycles. The molecule has 4 heteroatoms. The monoisotopic (exact) mass is 308 g/mol. The summed E-state index contributed by atoms with van der Waals surface area (Å²) in [4.78, 5) is 2.30. The number of nitrogens with one attached hydrogen (secondary N) is 1. The second-order valence-corrected chi connectivity index (χ2v) is 6.86. The van der Waals surface area contributed by atoms with Gasteiger partial charge in [-0.05, 0) is 69.4 Å². The third-order valence-corrected chi connectivity index (χ3v) is 4.92. The molecule has 1 unspecified atom stereocenters. The van der Waals surface area contributed by atoms with E-state index in [2.05, 4.69) is 35.5 Å². The first kappa shape index (κ1) is 15.1. The van der Waals surface area contributed by atoms with Gasteiger partial charge >= 0.3 is 0 Å². The van der Waals surface area contributed by atoms with Crippen LogP contribution in [0.5, 0.6) is 5.75 Å². The molecule has 0 radical (unpaired) electrons. The molecule has 0 amide bonds. The van der Waals surface area contributed by atoms with Gasteiger partial charge in [0, 0.05) is 13.1 Å². The fraction of sp³-hybridized carbons (Fsp3) is 0.647. The van der Waals surface area contributed by atoms with Crippen LogP contribution in [0, 0.1) is 5.92 Å². The van der Waals surface area contributed by atoms with Gasteiger partial charge in [-0.2, -0.15) is 0 Å². The highest BCUT2D eigenvalue weighted by atomic mass is 35.5. The van der Waals surface area contributed by atoms with Crippen LogP contribution >= 0.6 is 11.6 Å². The zero-order valence-electron chi connectivity index (χ0n) is 12.8. The Morgan fingerprint density at radius 1 is 1.29 bits per heavy atom. The van der Waals surface area contributed by atoms with Crippen molar-refractivity contribution in [2.24, 2.45) is 5.92 Å². The number of hydrogen-bond acceptors (Lipinski definition) is 3. The fourth-order valence-electron chi connectivity index (χ4n) is 3.36. The van der Waals surface area contributed by atoms with Crippen LogP contribution in [0.15, 0.2) is 18.2 Å². The number of benzene rings is 1.